The Labute approximate surface area is 174 Å². The van der Waals surface area contributed by atoms with Crippen molar-refractivity contribution >= 4 is 35.8 Å². The highest BCUT2D eigenvalue weighted by molar-refractivity contribution is 6.23. The van der Waals surface area contributed by atoms with E-state index in [1.807, 2.05) is 6.92 Å². The summed E-state index contributed by atoms with van der Waals surface area (Å²) in [6.07, 6.45) is 3.64. The smallest absolute Gasteiger partial charge is 0.339 e. The summed E-state index contributed by atoms with van der Waals surface area (Å²) in [6.45, 7) is 1.70. The Hall–Kier alpha value is -3.96. The maximum atomic E-state index is 12.5. The van der Waals surface area contributed by atoms with Crippen LogP contribution in [0.4, 0.5) is 0 Å². The van der Waals surface area contributed by atoms with Gasteiger partial charge in [-0.05, 0) is 6.42 Å². The van der Waals surface area contributed by atoms with Crippen LogP contribution in [-0.4, -0.2) is 68.0 Å². The highest BCUT2D eigenvalue weighted by Gasteiger charge is 2.41. The maximum Gasteiger partial charge on any atom is 0.339 e. The predicted molar refractivity (Wildman–Crippen MR) is 100 cm³/mol. The molecule has 0 fully saturated rings. The van der Waals surface area contributed by atoms with Gasteiger partial charge in [0.2, 0.25) is 0 Å². The molecule has 0 spiro atoms. The molecule has 0 bridgehead atoms. The molecule has 0 aliphatic heterocycles. The van der Waals surface area contributed by atoms with Gasteiger partial charge in [0, 0.05) is 0 Å². The lowest BCUT2D eigenvalue weighted by Crippen LogP contribution is -2.28. The van der Waals surface area contributed by atoms with E-state index in [0.29, 0.717) is 12.8 Å². The van der Waals surface area contributed by atoms with Crippen LogP contribution in [0.1, 0.15) is 101 Å². The van der Waals surface area contributed by atoms with Gasteiger partial charge >= 0.3 is 35.8 Å². The van der Waals surface area contributed by atoms with Gasteiger partial charge in [0.15, 0.2) is 0 Å². The summed E-state index contributed by atoms with van der Waals surface area (Å²) in [5.74, 6) is -12.4. The van der Waals surface area contributed by atoms with Crippen molar-refractivity contribution in [3.05, 3.63) is 33.4 Å². The van der Waals surface area contributed by atoms with E-state index in [0.717, 1.165) is 19.3 Å². The van der Waals surface area contributed by atoms with Gasteiger partial charge in [-0.3, -0.25) is 0 Å². The third-order valence-electron chi connectivity index (χ3n) is 4.25. The van der Waals surface area contributed by atoms with Crippen molar-refractivity contribution in [1.82, 2.24) is 0 Å². The van der Waals surface area contributed by atoms with Gasteiger partial charge in [0.1, 0.15) is 0 Å². The minimum Gasteiger partial charge on any atom is -0.478 e. The molecule has 0 aromatic heterocycles. The van der Waals surface area contributed by atoms with E-state index in [-0.39, 0.29) is 6.61 Å². The predicted octanol–water partition coefficient (Wildman–Crippen LogP) is 2.30. The molecule has 0 unspecified atom stereocenters. The SMILES string of the molecule is CCCCCCCOC(=O)c1c(C(=O)O)c(C(=O)O)c(C(=O)O)c(C(=O)O)c1C(=O)O. The van der Waals surface area contributed by atoms with Crippen LogP contribution in [-0.2, 0) is 4.74 Å². The van der Waals surface area contributed by atoms with Crippen LogP contribution in [0.5, 0.6) is 0 Å². The Kier molecular flexibility index (Phi) is 8.67. The lowest BCUT2D eigenvalue weighted by molar-refractivity contribution is 0.0474. The minimum absolute atomic E-state index is 0.272. The number of carboxylic acids is 5. The van der Waals surface area contributed by atoms with Crippen LogP contribution in [0, 0.1) is 0 Å². The number of rotatable bonds is 12. The molecule has 12 heteroatoms. The summed E-state index contributed by atoms with van der Waals surface area (Å²) in [5.41, 5.74) is -8.99. The van der Waals surface area contributed by atoms with E-state index in [1.165, 1.54) is 0 Å². The zero-order valence-electron chi connectivity index (χ0n) is 16.3. The van der Waals surface area contributed by atoms with Crippen LogP contribution in [0.2, 0.25) is 0 Å². The molecule has 0 amide bonds. The molecular formula is C19H20O12. The van der Waals surface area contributed by atoms with Crippen molar-refractivity contribution in [3.63, 3.8) is 0 Å². The van der Waals surface area contributed by atoms with Gasteiger partial charge in [0.25, 0.3) is 0 Å². The van der Waals surface area contributed by atoms with Crippen molar-refractivity contribution in [2.45, 2.75) is 39.0 Å². The van der Waals surface area contributed by atoms with E-state index in [9.17, 15) is 54.3 Å². The summed E-state index contributed by atoms with van der Waals surface area (Å²) in [4.78, 5) is 70.8. The normalized spacial score (nSPS) is 10.4. The van der Waals surface area contributed by atoms with Crippen LogP contribution in [0.25, 0.3) is 0 Å². The van der Waals surface area contributed by atoms with Crippen LogP contribution >= 0.6 is 0 Å². The van der Waals surface area contributed by atoms with Gasteiger partial charge in [-0.15, -0.1) is 0 Å². The van der Waals surface area contributed by atoms with Crippen molar-refractivity contribution in [2.75, 3.05) is 6.61 Å². The van der Waals surface area contributed by atoms with Crippen LogP contribution in [0.15, 0.2) is 0 Å². The van der Waals surface area contributed by atoms with E-state index >= 15 is 0 Å². The molecule has 168 valence electrons. The second-order valence-electron chi connectivity index (χ2n) is 6.33. The number of carboxylic acid groups (broad SMARTS) is 5. The molecule has 0 saturated carbocycles. The van der Waals surface area contributed by atoms with Gasteiger partial charge in [-0.2, -0.15) is 0 Å². The highest BCUT2D eigenvalue weighted by Crippen LogP contribution is 2.30. The molecule has 12 nitrogen and oxygen atoms in total. The molecule has 0 aliphatic rings. The number of unbranched alkanes of at least 4 members (excludes halogenated alkanes) is 4. The summed E-state index contributed by atoms with van der Waals surface area (Å²) >= 11 is 0. The maximum absolute atomic E-state index is 12.5. The minimum atomic E-state index is -2.20. The number of esters is 1. The fourth-order valence-corrected chi connectivity index (χ4v) is 2.97. The number of ether oxygens (including phenoxy) is 1. The van der Waals surface area contributed by atoms with Crippen molar-refractivity contribution < 1.29 is 59.0 Å². The lowest BCUT2D eigenvalue weighted by Gasteiger charge is -2.17. The topological polar surface area (TPSA) is 213 Å². The number of aromatic carboxylic acids is 5. The standard InChI is InChI=1S/C19H20O12/c1-2-3-4-5-6-7-31-19(30)13-11(17(26)27)9(15(22)23)8(14(20)21)10(16(24)25)12(13)18(28)29/h2-7H2,1H3,(H,20,21)(H,22,23)(H,24,25)(H,26,27)(H,28,29). The van der Waals surface area contributed by atoms with E-state index < -0.39 is 69.2 Å². The molecule has 0 radical (unpaired) electrons. The summed E-state index contributed by atoms with van der Waals surface area (Å²) < 4.78 is 4.86. The Morgan fingerprint density at radius 1 is 0.548 bits per heavy atom. The second kappa shape index (κ2) is 10.7. The largest absolute Gasteiger partial charge is 0.478 e. The molecule has 31 heavy (non-hydrogen) atoms. The molecular weight excluding hydrogens is 420 g/mol. The third kappa shape index (κ3) is 5.56. The summed E-state index contributed by atoms with van der Waals surface area (Å²) in [7, 11) is 0. The summed E-state index contributed by atoms with van der Waals surface area (Å²) in [6, 6.07) is 0. The number of carbonyl (C=O) groups excluding carboxylic acids is 1. The van der Waals surface area contributed by atoms with Gasteiger partial charge in [0.05, 0.1) is 40.0 Å². The van der Waals surface area contributed by atoms with Gasteiger partial charge < -0.3 is 30.3 Å². The highest BCUT2D eigenvalue weighted by atomic mass is 16.5. The van der Waals surface area contributed by atoms with Crippen LogP contribution in [0.3, 0.4) is 0 Å². The first-order valence-corrected chi connectivity index (χ1v) is 9.04. The number of hydrogen-bond acceptors (Lipinski definition) is 7. The molecule has 1 aromatic carbocycles. The Morgan fingerprint density at radius 2 is 0.871 bits per heavy atom. The average Bonchev–Trinajstić information content (AvgIpc) is 2.67. The molecule has 0 atom stereocenters. The Bertz CT molecular complexity index is 891. The first-order chi connectivity index (χ1) is 14.5. The zero-order valence-corrected chi connectivity index (χ0v) is 16.3. The van der Waals surface area contributed by atoms with Gasteiger partial charge in [-0.25, -0.2) is 28.8 Å². The fourth-order valence-electron chi connectivity index (χ4n) is 2.97. The number of benzene rings is 1. The number of hydrogen-bond donors (Lipinski definition) is 5. The average molecular weight is 440 g/mol. The van der Waals surface area contributed by atoms with Crippen molar-refractivity contribution in [2.24, 2.45) is 0 Å². The van der Waals surface area contributed by atoms with E-state index in [2.05, 4.69) is 0 Å². The molecule has 1 rings (SSSR count). The monoisotopic (exact) mass is 440 g/mol. The van der Waals surface area contributed by atoms with Gasteiger partial charge in [-0.1, -0.05) is 32.6 Å². The molecule has 0 aliphatic carbocycles. The van der Waals surface area contributed by atoms with Crippen molar-refractivity contribution in [1.29, 1.82) is 0 Å². The molecule has 5 N–H and O–H groups in total. The second-order valence-corrected chi connectivity index (χ2v) is 6.33. The van der Waals surface area contributed by atoms with Crippen molar-refractivity contribution in [3.8, 4) is 0 Å². The quantitative estimate of drug-likeness (QED) is 0.234. The van der Waals surface area contributed by atoms with E-state index in [1.54, 1.807) is 0 Å². The third-order valence-corrected chi connectivity index (χ3v) is 4.25. The number of carbonyl (C=O) groups is 6. The lowest BCUT2D eigenvalue weighted by atomic mass is 9.86. The Balaban J connectivity index is 3.79. The first-order valence-electron chi connectivity index (χ1n) is 9.04. The Morgan fingerprint density at radius 3 is 1.19 bits per heavy atom. The molecule has 0 heterocycles. The molecule has 0 saturated heterocycles. The van der Waals surface area contributed by atoms with E-state index in [4.69, 9.17) is 4.74 Å². The fraction of sp³-hybridized carbons (Fsp3) is 0.368. The first kappa shape index (κ1) is 25.1. The molecule has 1 aromatic rings. The van der Waals surface area contributed by atoms with Crippen LogP contribution < -0.4 is 0 Å². The summed E-state index contributed by atoms with van der Waals surface area (Å²) in [5, 5.41) is 46.9. The zero-order chi connectivity index (χ0) is 23.9.